The summed E-state index contributed by atoms with van der Waals surface area (Å²) in [5, 5.41) is 8.57. The zero-order valence-corrected chi connectivity index (χ0v) is 13.9. The lowest BCUT2D eigenvalue weighted by Crippen LogP contribution is -2.24. The van der Waals surface area contributed by atoms with E-state index in [2.05, 4.69) is 46.8 Å². The molecule has 0 aliphatic carbocycles. The highest BCUT2D eigenvalue weighted by Gasteiger charge is 2.27. The van der Waals surface area contributed by atoms with Crippen LogP contribution in [0.25, 0.3) is 0 Å². The summed E-state index contributed by atoms with van der Waals surface area (Å²) < 4.78 is 5.56. The highest BCUT2D eigenvalue weighted by Crippen LogP contribution is 2.36. The molecule has 0 saturated carbocycles. The summed E-state index contributed by atoms with van der Waals surface area (Å²) in [6, 6.07) is 8.16. The van der Waals surface area contributed by atoms with E-state index < -0.39 is 5.97 Å². The van der Waals surface area contributed by atoms with Crippen LogP contribution in [-0.4, -0.2) is 17.7 Å². The molecule has 0 saturated heterocycles. The van der Waals surface area contributed by atoms with Gasteiger partial charge >= 0.3 is 5.97 Å². The van der Waals surface area contributed by atoms with Crippen molar-refractivity contribution in [2.75, 3.05) is 6.61 Å². The Kier molecular flexibility index (Phi) is 5.82. The SMILES string of the molecule is CC(C)(C)CC(C)(C)c1ccc(OCCCC(=O)O)cc1. The maximum Gasteiger partial charge on any atom is 0.303 e. The Morgan fingerprint density at radius 1 is 1.10 bits per heavy atom. The molecule has 3 heteroatoms. The van der Waals surface area contributed by atoms with Gasteiger partial charge in [-0.3, -0.25) is 4.79 Å². The number of hydrogen-bond acceptors (Lipinski definition) is 2. The predicted octanol–water partition coefficient (Wildman–Crippen LogP) is 4.64. The van der Waals surface area contributed by atoms with E-state index in [0.29, 0.717) is 13.0 Å². The minimum Gasteiger partial charge on any atom is -0.494 e. The molecule has 0 unspecified atom stereocenters. The molecule has 0 heterocycles. The van der Waals surface area contributed by atoms with Crippen molar-refractivity contribution < 1.29 is 14.6 Å². The molecule has 0 aromatic heterocycles. The fourth-order valence-corrected chi connectivity index (χ4v) is 2.84. The Hall–Kier alpha value is -1.51. The van der Waals surface area contributed by atoms with Crippen molar-refractivity contribution in [3.8, 4) is 5.75 Å². The predicted molar refractivity (Wildman–Crippen MR) is 85.9 cm³/mol. The van der Waals surface area contributed by atoms with Gasteiger partial charge in [0.25, 0.3) is 0 Å². The van der Waals surface area contributed by atoms with Gasteiger partial charge in [-0.1, -0.05) is 46.8 Å². The topological polar surface area (TPSA) is 46.5 Å². The number of ether oxygens (including phenoxy) is 1. The van der Waals surface area contributed by atoms with E-state index in [-0.39, 0.29) is 17.3 Å². The zero-order chi connectivity index (χ0) is 16.1. The van der Waals surface area contributed by atoms with E-state index in [9.17, 15) is 4.79 Å². The molecule has 0 aliphatic rings. The molecule has 1 aromatic rings. The molecule has 0 radical (unpaired) electrons. The Morgan fingerprint density at radius 3 is 2.14 bits per heavy atom. The molecule has 0 amide bonds. The second kappa shape index (κ2) is 6.97. The van der Waals surface area contributed by atoms with Crippen molar-refractivity contribution in [1.82, 2.24) is 0 Å². The van der Waals surface area contributed by atoms with Crippen LogP contribution in [0.2, 0.25) is 0 Å². The summed E-state index contributed by atoms with van der Waals surface area (Å²) in [4.78, 5) is 10.4. The Labute approximate surface area is 128 Å². The number of aliphatic carboxylic acids is 1. The van der Waals surface area contributed by atoms with Crippen molar-refractivity contribution in [3.63, 3.8) is 0 Å². The molecule has 0 spiro atoms. The van der Waals surface area contributed by atoms with Gasteiger partial charge in [-0.25, -0.2) is 0 Å². The Balaban J connectivity index is 2.59. The molecule has 0 bridgehead atoms. The maximum atomic E-state index is 10.4. The third kappa shape index (κ3) is 6.65. The first kappa shape index (κ1) is 17.5. The molecule has 0 atom stereocenters. The summed E-state index contributed by atoms with van der Waals surface area (Å²) >= 11 is 0. The van der Waals surface area contributed by atoms with Crippen LogP contribution < -0.4 is 4.74 Å². The molecule has 1 rings (SSSR count). The third-order valence-corrected chi connectivity index (χ3v) is 3.41. The molecule has 1 aromatic carbocycles. The standard InChI is InChI=1S/C18H28O3/c1-17(2,3)13-18(4,5)14-8-10-15(11-9-14)21-12-6-7-16(19)20/h8-11H,6-7,12-13H2,1-5H3,(H,19,20). The van der Waals surface area contributed by atoms with E-state index in [1.807, 2.05) is 12.1 Å². The van der Waals surface area contributed by atoms with Crippen molar-refractivity contribution in [2.24, 2.45) is 5.41 Å². The maximum absolute atomic E-state index is 10.4. The first-order valence-electron chi connectivity index (χ1n) is 7.55. The Bertz CT molecular complexity index is 452. The fourth-order valence-electron chi connectivity index (χ4n) is 2.84. The molecule has 1 N–H and O–H groups in total. The van der Waals surface area contributed by atoms with Crippen LogP contribution in [0.3, 0.4) is 0 Å². The van der Waals surface area contributed by atoms with Crippen LogP contribution in [0.4, 0.5) is 0 Å². The van der Waals surface area contributed by atoms with Crippen LogP contribution in [0.1, 0.15) is 59.4 Å². The molecule has 0 fully saturated rings. The lowest BCUT2D eigenvalue weighted by Gasteiger charge is -2.33. The average molecular weight is 292 g/mol. The molecule has 0 aliphatic heterocycles. The normalized spacial score (nSPS) is 12.2. The van der Waals surface area contributed by atoms with Gasteiger partial charge in [0.05, 0.1) is 6.61 Å². The van der Waals surface area contributed by atoms with E-state index >= 15 is 0 Å². The quantitative estimate of drug-likeness (QED) is 0.744. The van der Waals surface area contributed by atoms with Gasteiger partial charge in [0.15, 0.2) is 0 Å². The molecule has 21 heavy (non-hydrogen) atoms. The van der Waals surface area contributed by atoms with Crippen LogP contribution in [0.5, 0.6) is 5.75 Å². The second-order valence-corrected chi connectivity index (χ2v) is 7.49. The van der Waals surface area contributed by atoms with Crippen LogP contribution in [0, 0.1) is 5.41 Å². The Morgan fingerprint density at radius 2 is 1.67 bits per heavy atom. The zero-order valence-electron chi connectivity index (χ0n) is 13.9. The largest absolute Gasteiger partial charge is 0.494 e. The van der Waals surface area contributed by atoms with Gasteiger partial charge in [-0.15, -0.1) is 0 Å². The number of carboxylic acid groups (broad SMARTS) is 1. The van der Waals surface area contributed by atoms with Crippen LogP contribution in [-0.2, 0) is 10.2 Å². The van der Waals surface area contributed by atoms with Crippen molar-refractivity contribution >= 4 is 5.97 Å². The molecular weight excluding hydrogens is 264 g/mol. The van der Waals surface area contributed by atoms with Gasteiger partial charge in [0, 0.05) is 6.42 Å². The number of hydrogen-bond donors (Lipinski definition) is 1. The van der Waals surface area contributed by atoms with Gasteiger partial charge in [0.2, 0.25) is 0 Å². The molecule has 118 valence electrons. The number of benzene rings is 1. The van der Waals surface area contributed by atoms with E-state index in [1.54, 1.807) is 0 Å². The fraction of sp³-hybridized carbons (Fsp3) is 0.611. The smallest absolute Gasteiger partial charge is 0.303 e. The first-order chi connectivity index (χ1) is 9.60. The van der Waals surface area contributed by atoms with Crippen molar-refractivity contribution in [3.05, 3.63) is 29.8 Å². The van der Waals surface area contributed by atoms with Gasteiger partial charge in [-0.2, -0.15) is 0 Å². The molecular formula is C18H28O3. The van der Waals surface area contributed by atoms with E-state index in [0.717, 1.165) is 12.2 Å². The van der Waals surface area contributed by atoms with Gasteiger partial charge < -0.3 is 9.84 Å². The third-order valence-electron chi connectivity index (χ3n) is 3.41. The highest BCUT2D eigenvalue weighted by molar-refractivity contribution is 5.66. The highest BCUT2D eigenvalue weighted by atomic mass is 16.5. The summed E-state index contributed by atoms with van der Waals surface area (Å²) in [7, 11) is 0. The van der Waals surface area contributed by atoms with E-state index in [1.165, 1.54) is 5.56 Å². The van der Waals surface area contributed by atoms with Crippen molar-refractivity contribution in [1.29, 1.82) is 0 Å². The lowest BCUT2D eigenvalue weighted by atomic mass is 9.72. The van der Waals surface area contributed by atoms with Crippen molar-refractivity contribution in [2.45, 2.75) is 59.3 Å². The number of rotatable bonds is 7. The summed E-state index contributed by atoms with van der Waals surface area (Å²) in [5.41, 5.74) is 1.71. The average Bonchev–Trinajstić information content (AvgIpc) is 2.32. The summed E-state index contributed by atoms with van der Waals surface area (Å²) in [6.45, 7) is 11.7. The minimum absolute atomic E-state index is 0.125. The summed E-state index contributed by atoms with van der Waals surface area (Å²) in [6.07, 6.45) is 1.79. The van der Waals surface area contributed by atoms with E-state index in [4.69, 9.17) is 9.84 Å². The van der Waals surface area contributed by atoms with Crippen LogP contribution >= 0.6 is 0 Å². The second-order valence-electron chi connectivity index (χ2n) is 7.49. The number of carboxylic acids is 1. The number of carbonyl (C=O) groups is 1. The van der Waals surface area contributed by atoms with Gasteiger partial charge in [-0.05, 0) is 41.4 Å². The molecule has 3 nitrogen and oxygen atoms in total. The van der Waals surface area contributed by atoms with Gasteiger partial charge in [0.1, 0.15) is 5.75 Å². The summed E-state index contributed by atoms with van der Waals surface area (Å²) in [5.74, 6) is 0.0218. The first-order valence-corrected chi connectivity index (χ1v) is 7.55. The van der Waals surface area contributed by atoms with Crippen LogP contribution in [0.15, 0.2) is 24.3 Å². The minimum atomic E-state index is -0.780. The lowest BCUT2D eigenvalue weighted by molar-refractivity contribution is -0.137. The monoisotopic (exact) mass is 292 g/mol.